The topological polar surface area (TPSA) is 37.3 Å². The van der Waals surface area contributed by atoms with E-state index < -0.39 is 5.97 Å². The van der Waals surface area contributed by atoms with Crippen LogP contribution < -0.4 is 0 Å². The van der Waals surface area contributed by atoms with Gasteiger partial charge in [-0.15, -0.1) is 0 Å². The molecule has 2 nitrogen and oxygen atoms in total. The fraction of sp³-hybridized carbons (Fsp3) is 0.350. The first-order valence-electron chi connectivity index (χ1n) is 7.61. The summed E-state index contributed by atoms with van der Waals surface area (Å²) in [5.74, 6) is -0.864. The molecule has 0 saturated carbocycles. The van der Waals surface area contributed by atoms with Crippen molar-refractivity contribution in [3.8, 4) is 0 Å². The molecule has 0 unspecified atom stereocenters. The zero-order valence-corrected chi connectivity index (χ0v) is 14.4. The largest absolute Gasteiger partial charge is 0.478 e. The van der Waals surface area contributed by atoms with Gasteiger partial charge >= 0.3 is 5.97 Å². The number of hydrogen-bond acceptors (Lipinski definition) is 1. The molecule has 0 fully saturated rings. The van der Waals surface area contributed by atoms with E-state index in [9.17, 15) is 4.79 Å². The van der Waals surface area contributed by atoms with Gasteiger partial charge in [-0.2, -0.15) is 0 Å². The first-order chi connectivity index (χ1) is 10.4. The fourth-order valence-corrected chi connectivity index (χ4v) is 1.72. The van der Waals surface area contributed by atoms with Crippen molar-refractivity contribution in [2.24, 2.45) is 0 Å². The highest BCUT2D eigenvalue weighted by molar-refractivity contribution is 5.87. The summed E-state index contributed by atoms with van der Waals surface area (Å²) >= 11 is 0. The monoisotopic (exact) mass is 300 g/mol. The van der Waals surface area contributed by atoms with Gasteiger partial charge < -0.3 is 5.11 Å². The van der Waals surface area contributed by atoms with Gasteiger partial charge in [0.2, 0.25) is 0 Å². The third-order valence-corrected chi connectivity index (χ3v) is 3.59. The van der Waals surface area contributed by atoms with E-state index >= 15 is 0 Å². The van der Waals surface area contributed by atoms with Gasteiger partial charge in [-0.1, -0.05) is 48.6 Å². The maximum atomic E-state index is 11.0. The molecule has 0 aromatic rings. The Kier molecular flexibility index (Phi) is 10.5. The van der Waals surface area contributed by atoms with Crippen LogP contribution in [-0.2, 0) is 4.79 Å². The van der Waals surface area contributed by atoms with Crippen molar-refractivity contribution in [2.75, 3.05) is 0 Å². The molecule has 0 rings (SSSR count). The lowest BCUT2D eigenvalue weighted by Gasteiger charge is -2.07. The molecule has 0 aliphatic heterocycles. The summed E-state index contributed by atoms with van der Waals surface area (Å²) in [6, 6.07) is 0. The minimum absolute atomic E-state index is 0.393. The molecule has 0 atom stereocenters. The van der Waals surface area contributed by atoms with E-state index in [-0.39, 0.29) is 0 Å². The van der Waals surface area contributed by atoms with E-state index in [1.807, 2.05) is 58.1 Å². The van der Waals surface area contributed by atoms with E-state index in [1.165, 1.54) is 0 Å². The Morgan fingerprint density at radius 3 is 2.00 bits per heavy atom. The number of aliphatic carboxylic acids is 1. The first-order valence-corrected chi connectivity index (χ1v) is 7.61. The van der Waals surface area contributed by atoms with Gasteiger partial charge in [0.05, 0.1) is 0 Å². The molecule has 0 aliphatic carbocycles. The van der Waals surface area contributed by atoms with E-state index in [2.05, 4.69) is 18.2 Å². The second-order valence-corrected chi connectivity index (χ2v) is 5.18. The lowest BCUT2D eigenvalue weighted by atomic mass is 9.99. The zero-order valence-electron chi connectivity index (χ0n) is 14.4. The SMILES string of the molecule is C/C=C/CC/C=C/C=C/C=C/C(C)=C(C)/C(C)=C(\C)C(=O)O. The zero-order chi connectivity index (χ0) is 17.0. The summed E-state index contributed by atoms with van der Waals surface area (Å²) in [7, 11) is 0. The third-order valence-electron chi connectivity index (χ3n) is 3.59. The average Bonchev–Trinajstić information content (AvgIpc) is 2.50. The molecule has 1 N–H and O–H groups in total. The minimum Gasteiger partial charge on any atom is -0.478 e. The number of rotatable bonds is 8. The molecule has 0 spiro atoms. The highest BCUT2D eigenvalue weighted by Gasteiger charge is 2.07. The molecular weight excluding hydrogens is 272 g/mol. The van der Waals surface area contributed by atoms with E-state index in [4.69, 9.17) is 5.11 Å². The molecule has 0 amide bonds. The number of carboxylic acids is 1. The summed E-state index contributed by atoms with van der Waals surface area (Å²) in [5, 5.41) is 9.01. The molecule has 120 valence electrons. The Morgan fingerprint density at radius 1 is 0.818 bits per heavy atom. The predicted octanol–water partition coefficient (Wildman–Crippen LogP) is 5.77. The molecule has 22 heavy (non-hydrogen) atoms. The highest BCUT2D eigenvalue weighted by atomic mass is 16.4. The van der Waals surface area contributed by atoms with Gasteiger partial charge in [0.15, 0.2) is 0 Å². The van der Waals surface area contributed by atoms with Crippen LogP contribution in [0.25, 0.3) is 0 Å². The summed E-state index contributed by atoms with van der Waals surface area (Å²) in [6.45, 7) is 9.45. The fourth-order valence-electron chi connectivity index (χ4n) is 1.72. The molecule has 0 heterocycles. The van der Waals surface area contributed by atoms with Gasteiger partial charge in [0, 0.05) is 5.57 Å². The lowest BCUT2D eigenvalue weighted by Crippen LogP contribution is -2.00. The second kappa shape index (κ2) is 11.6. The summed E-state index contributed by atoms with van der Waals surface area (Å²) in [4.78, 5) is 11.0. The molecule has 2 heteroatoms. The molecule has 0 aliphatic rings. The Bertz CT molecular complexity index is 538. The van der Waals surface area contributed by atoms with Crippen molar-refractivity contribution < 1.29 is 9.90 Å². The van der Waals surface area contributed by atoms with Gasteiger partial charge in [0.25, 0.3) is 0 Å². The molecule has 0 bridgehead atoms. The second-order valence-electron chi connectivity index (χ2n) is 5.18. The number of hydrogen-bond donors (Lipinski definition) is 1. The van der Waals surface area contributed by atoms with Crippen LogP contribution >= 0.6 is 0 Å². The van der Waals surface area contributed by atoms with E-state index in [0.29, 0.717) is 5.57 Å². The highest BCUT2D eigenvalue weighted by Crippen LogP contribution is 2.18. The van der Waals surface area contributed by atoms with Crippen molar-refractivity contribution in [2.45, 2.75) is 47.5 Å². The van der Waals surface area contributed by atoms with E-state index in [1.54, 1.807) is 6.92 Å². The van der Waals surface area contributed by atoms with Crippen LogP contribution in [0.2, 0.25) is 0 Å². The van der Waals surface area contributed by atoms with E-state index in [0.717, 1.165) is 29.6 Å². The Labute approximate surface area is 134 Å². The molecule has 0 aromatic heterocycles. The number of carboxylic acid groups (broad SMARTS) is 1. The standard InChI is InChI=1S/C20H28O2/c1-6-7-8-9-10-11-12-13-14-15-16(2)17(3)18(4)19(5)20(21)22/h6-7,10-15H,8-9H2,1-5H3,(H,21,22)/b7-6+,11-10+,13-12+,15-14+,17-16+,19-18+. The number of carbonyl (C=O) groups is 1. The molecular formula is C20H28O2. The van der Waals surface area contributed by atoms with Gasteiger partial charge in [-0.3, -0.25) is 0 Å². The number of unbranched alkanes of at least 4 members (excludes halogenated alkanes) is 1. The quantitative estimate of drug-likeness (QED) is 0.267. The lowest BCUT2D eigenvalue weighted by molar-refractivity contribution is -0.132. The Balaban J connectivity index is 4.64. The summed E-state index contributed by atoms with van der Waals surface area (Å²) < 4.78 is 0. The minimum atomic E-state index is -0.864. The average molecular weight is 300 g/mol. The van der Waals surface area contributed by atoms with Crippen molar-refractivity contribution in [1.29, 1.82) is 0 Å². The van der Waals surface area contributed by atoms with Crippen LogP contribution in [0.4, 0.5) is 0 Å². The van der Waals surface area contributed by atoms with Crippen LogP contribution in [0.5, 0.6) is 0 Å². The van der Waals surface area contributed by atoms with Crippen LogP contribution in [0.1, 0.15) is 47.5 Å². The van der Waals surface area contributed by atoms with Crippen LogP contribution in [0, 0.1) is 0 Å². The van der Waals surface area contributed by atoms with Gasteiger partial charge in [-0.05, 0) is 64.2 Å². The van der Waals surface area contributed by atoms with Crippen LogP contribution in [-0.4, -0.2) is 11.1 Å². The summed E-state index contributed by atoms with van der Waals surface area (Å²) in [6.07, 6.45) is 18.5. The summed E-state index contributed by atoms with van der Waals surface area (Å²) in [5.41, 5.74) is 3.29. The Morgan fingerprint density at radius 2 is 1.41 bits per heavy atom. The Hall–Kier alpha value is -2.09. The molecule has 0 saturated heterocycles. The van der Waals surface area contributed by atoms with Crippen molar-refractivity contribution in [3.63, 3.8) is 0 Å². The van der Waals surface area contributed by atoms with Gasteiger partial charge in [-0.25, -0.2) is 4.79 Å². The van der Waals surface area contributed by atoms with Crippen LogP contribution in [0.15, 0.2) is 70.9 Å². The maximum Gasteiger partial charge on any atom is 0.331 e. The number of allylic oxidation sites excluding steroid dienone is 11. The van der Waals surface area contributed by atoms with Crippen molar-refractivity contribution in [1.82, 2.24) is 0 Å². The third kappa shape index (κ3) is 8.25. The smallest absolute Gasteiger partial charge is 0.331 e. The molecule has 0 radical (unpaired) electrons. The van der Waals surface area contributed by atoms with Gasteiger partial charge in [0.1, 0.15) is 0 Å². The predicted molar refractivity (Wildman–Crippen MR) is 95.9 cm³/mol. The van der Waals surface area contributed by atoms with Crippen LogP contribution in [0.3, 0.4) is 0 Å². The van der Waals surface area contributed by atoms with Crippen molar-refractivity contribution in [3.05, 3.63) is 70.9 Å². The van der Waals surface area contributed by atoms with Crippen molar-refractivity contribution >= 4 is 5.97 Å². The normalized spacial score (nSPS) is 15.1. The maximum absolute atomic E-state index is 11.0. The first kappa shape index (κ1) is 19.9. The molecule has 0 aromatic carbocycles.